The second-order valence-electron chi connectivity index (χ2n) is 4.32. The van der Waals surface area contributed by atoms with Gasteiger partial charge in [0.15, 0.2) is 0 Å². The smallest absolute Gasteiger partial charge is 0.347 e. The quantitative estimate of drug-likeness (QED) is 0.877. The first-order chi connectivity index (χ1) is 10.5. The fourth-order valence-electron chi connectivity index (χ4n) is 1.96. The normalized spacial score (nSPS) is 9.82. The number of carbonyl (C=O) groups is 1. The van der Waals surface area contributed by atoms with Crippen molar-refractivity contribution in [1.82, 2.24) is 4.98 Å². The number of benzene rings is 1. The highest BCUT2D eigenvalue weighted by Gasteiger charge is 2.18. The minimum Gasteiger partial charge on any atom is -0.493 e. The fourth-order valence-corrected chi connectivity index (χ4v) is 2.86. The number of nitriles is 1. The van der Waals surface area contributed by atoms with Crippen LogP contribution in [0.4, 0.5) is 0 Å². The molecule has 2 aromatic rings. The van der Waals surface area contributed by atoms with Crippen LogP contribution in [0.25, 0.3) is 10.6 Å². The molecule has 0 saturated heterocycles. The van der Waals surface area contributed by atoms with E-state index in [4.69, 9.17) is 16.3 Å². The highest BCUT2D eigenvalue weighted by molar-refractivity contribution is 7.17. The summed E-state index contributed by atoms with van der Waals surface area (Å²) in [5, 5.41) is 18.9. The van der Waals surface area contributed by atoms with Crippen molar-refractivity contribution in [1.29, 1.82) is 5.26 Å². The SMILES string of the molecule is C#Cc1c(C#N)cc(-c2nc(C)c(C(=O)O)s2)cc1OCC. The van der Waals surface area contributed by atoms with Gasteiger partial charge >= 0.3 is 5.97 Å². The molecule has 0 unspecified atom stereocenters. The first kappa shape index (κ1) is 15.6. The molecule has 5 nitrogen and oxygen atoms in total. The largest absolute Gasteiger partial charge is 0.493 e. The van der Waals surface area contributed by atoms with Gasteiger partial charge in [0.25, 0.3) is 0 Å². The highest BCUT2D eigenvalue weighted by Crippen LogP contribution is 2.33. The van der Waals surface area contributed by atoms with Crippen LogP contribution in [0.15, 0.2) is 12.1 Å². The maximum absolute atomic E-state index is 11.1. The number of hydrogen-bond donors (Lipinski definition) is 1. The molecule has 0 bridgehead atoms. The maximum atomic E-state index is 11.1. The van der Waals surface area contributed by atoms with Gasteiger partial charge in [-0.2, -0.15) is 5.26 Å². The number of aryl methyl sites for hydroxylation is 1. The third kappa shape index (κ3) is 2.78. The number of carboxylic acids is 1. The summed E-state index contributed by atoms with van der Waals surface area (Å²) in [4.78, 5) is 15.6. The average molecular weight is 312 g/mol. The van der Waals surface area contributed by atoms with Gasteiger partial charge in [-0.3, -0.25) is 0 Å². The van der Waals surface area contributed by atoms with Gasteiger partial charge in [0, 0.05) is 5.56 Å². The molecule has 0 atom stereocenters. The Labute approximate surface area is 131 Å². The van der Waals surface area contributed by atoms with Gasteiger partial charge < -0.3 is 9.84 Å². The van der Waals surface area contributed by atoms with Crippen LogP contribution >= 0.6 is 11.3 Å². The molecule has 0 fully saturated rings. The van der Waals surface area contributed by atoms with E-state index in [0.717, 1.165) is 11.3 Å². The molecular formula is C16H12N2O3S. The van der Waals surface area contributed by atoms with Crippen LogP contribution in [-0.2, 0) is 0 Å². The zero-order valence-corrected chi connectivity index (χ0v) is 12.8. The maximum Gasteiger partial charge on any atom is 0.347 e. The van der Waals surface area contributed by atoms with Crippen LogP contribution in [0, 0.1) is 30.6 Å². The number of carboxylic acid groups (broad SMARTS) is 1. The van der Waals surface area contributed by atoms with Gasteiger partial charge in [-0.1, -0.05) is 5.92 Å². The summed E-state index contributed by atoms with van der Waals surface area (Å²) < 4.78 is 5.48. The Hall–Kier alpha value is -2.83. The van der Waals surface area contributed by atoms with Crippen LogP contribution in [-0.4, -0.2) is 22.7 Å². The van der Waals surface area contributed by atoms with Crippen molar-refractivity contribution in [3.63, 3.8) is 0 Å². The second kappa shape index (κ2) is 6.30. The summed E-state index contributed by atoms with van der Waals surface area (Å²) in [7, 11) is 0. The van der Waals surface area contributed by atoms with Gasteiger partial charge in [-0.25, -0.2) is 9.78 Å². The summed E-state index contributed by atoms with van der Waals surface area (Å²) in [5.74, 6) is 1.85. The van der Waals surface area contributed by atoms with E-state index in [2.05, 4.69) is 10.9 Å². The van der Waals surface area contributed by atoms with Crippen LogP contribution in [0.2, 0.25) is 0 Å². The van der Waals surface area contributed by atoms with Gasteiger partial charge in [-0.05, 0) is 26.0 Å². The molecule has 1 heterocycles. The van der Waals surface area contributed by atoms with Crippen molar-refractivity contribution in [3.8, 4) is 34.7 Å². The van der Waals surface area contributed by atoms with Crippen molar-refractivity contribution in [2.24, 2.45) is 0 Å². The highest BCUT2D eigenvalue weighted by atomic mass is 32.1. The Morgan fingerprint density at radius 2 is 2.27 bits per heavy atom. The standard InChI is InChI=1S/C16H12N2O3S/c1-4-12-11(8-17)6-10(7-13(12)21-5-2)15-18-9(3)14(22-15)16(19)20/h1,6-7H,5H2,2-3H3,(H,19,20). The van der Waals surface area contributed by atoms with Gasteiger partial charge in [0.1, 0.15) is 21.7 Å². The minimum absolute atomic E-state index is 0.174. The summed E-state index contributed by atoms with van der Waals surface area (Å²) in [6, 6.07) is 5.32. The van der Waals surface area contributed by atoms with E-state index in [0.29, 0.717) is 39.7 Å². The van der Waals surface area contributed by atoms with Crippen molar-refractivity contribution in [2.45, 2.75) is 13.8 Å². The predicted molar refractivity (Wildman–Crippen MR) is 83.1 cm³/mol. The summed E-state index contributed by atoms with van der Waals surface area (Å²) in [6.07, 6.45) is 5.44. The van der Waals surface area contributed by atoms with E-state index in [1.807, 2.05) is 13.0 Å². The molecule has 6 heteroatoms. The Morgan fingerprint density at radius 3 is 2.77 bits per heavy atom. The lowest BCUT2D eigenvalue weighted by atomic mass is 10.0. The number of terminal acetylenes is 1. The molecule has 0 spiro atoms. The average Bonchev–Trinajstić information content (AvgIpc) is 2.89. The van der Waals surface area contributed by atoms with Crippen LogP contribution in [0.3, 0.4) is 0 Å². The van der Waals surface area contributed by atoms with E-state index in [-0.39, 0.29) is 4.88 Å². The van der Waals surface area contributed by atoms with Crippen molar-refractivity contribution in [3.05, 3.63) is 33.8 Å². The topological polar surface area (TPSA) is 83.2 Å². The molecule has 0 aliphatic carbocycles. The summed E-state index contributed by atoms with van der Waals surface area (Å²) in [6.45, 7) is 3.85. The van der Waals surface area contributed by atoms with Gasteiger partial charge in [0.2, 0.25) is 0 Å². The zero-order chi connectivity index (χ0) is 16.3. The summed E-state index contributed by atoms with van der Waals surface area (Å²) >= 11 is 1.05. The molecule has 0 saturated carbocycles. The number of hydrogen-bond acceptors (Lipinski definition) is 5. The Kier molecular flexibility index (Phi) is 4.45. The molecule has 2 rings (SSSR count). The first-order valence-corrected chi connectivity index (χ1v) is 7.22. The second-order valence-corrected chi connectivity index (χ2v) is 5.32. The lowest BCUT2D eigenvalue weighted by Gasteiger charge is -2.09. The number of aromatic carboxylic acids is 1. The molecule has 22 heavy (non-hydrogen) atoms. The summed E-state index contributed by atoms with van der Waals surface area (Å²) in [5.41, 5.74) is 1.73. The number of rotatable bonds is 4. The molecule has 0 aliphatic heterocycles. The van der Waals surface area contributed by atoms with Crippen LogP contribution in [0.1, 0.15) is 33.4 Å². The monoisotopic (exact) mass is 312 g/mol. The van der Waals surface area contributed by atoms with E-state index < -0.39 is 5.97 Å². The van der Waals surface area contributed by atoms with E-state index >= 15 is 0 Å². The van der Waals surface area contributed by atoms with Crippen molar-refractivity contribution >= 4 is 17.3 Å². The Balaban J connectivity index is 2.64. The van der Waals surface area contributed by atoms with E-state index in [9.17, 15) is 10.1 Å². The first-order valence-electron chi connectivity index (χ1n) is 6.40. The molecule has 110 valence electrons. The molecule has 0 aliphatic rings. The zero-order valence-electron chi connectivity index (χ0n) is 12.0. The van der Waals surface area contributed by atoms with Crippen molar-refractivity contribution in [2.75, 3.05) is 6.61 Å². The van der Waals surface area contributed by atoms with E-state index in [1.165, 1.54) is 0 Å². The van der Waals surface area contributed by atoms with E-state index in [1.54, 1.807) is 19.1 Å². The lowest BCUT2D eigenvalue weighted by Crippen LogP contribution is -1.97. The number of nitrogens with zero attached hydrogens (tertiary/aromatic N) is 2. The molecular weight excluding hydrogens is 300 g/mol. The molecule has 0 amide bonds. The third-order valence-corrected chi connectivity index (χ3v) is 4.10. The predicted octanol–water partition coefficient (Wildman–Crippen LogP) is 3.07. The molecule has 1 aromatic carbocycles. The molecule has 1 N–H and O–H groups in total. The minimum atomic E-state index is -1.02. The van der Waals surface area contributed by atoms with Crippen molar-refractivity contribution < 1.29 is 14.6 Å². The molecule has 1 aromatic heterocycles. The molecule has 0 radical (unpaired) electrons. The Morgan fingerprint density at radius 1 is 1.55 bits per heavy atom. The van der Waals surface area contributed by atoms with Gasteiger partial charge in [-0.15, -0.1) is 17.8 Å². The van der Waals surface area contributed by atoms with Gasteiger partial charge in [0.05, 0.1) is 23.4 Å². The third-order valence-electron chi connectivity index (χ3n) is 2.90. The van der Waals surface area contributed by atoms with Crippen LogP contribution in [0.5, 0.6) is 5.75 Å². The number of aromatic nitrogens is 1. The number of ether oxygens (including phenoxy) is 1. The van der Waals surface area contributed by atoms with Crippen LogP contribution < -0.4 is 4.74 Å². The lowest BCUT2D eigenvalue weighted by molar-refractivity contribution is 0.0701. The number of thiazole rings is 1. The fraction of sp³-hybridized carbons (Fsp3) is 0.188. The Bertz CT molecular complexity index is 825.